The fourth-order valence-electron chi connectivity index (χ4n) is 6.95. The van der Waals surface area contributed by atoms with Gasteiger partial charge in [0.15, 0.2) is 0 Å². The highest BCUT2D eigenvalue weighted by molar-refractivity contribution is 7.83. The van der Waals surface area contributed by atoms with E-state index in [1.807, 2.05) is 44.4 Å². The molecular weight excluding hydrogens is 662 g/mol. The molecule has 12 heteroatoms. The van der Waals surface area contributed by atoms with Gasteiger partial charge in [-0.2, -0.15) is 0 Å². The molecule has 0 aromatic heterocycles. The highest BCUT2D eigenvalue weighted by atomic mass is 32.2. The van der Waals surface area contributed by atoms with Gasteiger partial charge in [-0.25, -0.2) is 35.3 Å². The fraction of sp³-hybridized carbons (Fsp3) is 0.676. The molecule has 5 atom stereocenters. The Morgan fingerprint density at radius 3 is 1.98 bits per heavy atom. The third-order valence-corrected chi connectivity index (χ3v) is 12.3. The second-order valence-corrected chi connectivity index (χ2v) is 16.0. The molecule has 2 fully saturated rings. The first-order valence-electron chi connectivity index (χ1n) is 17.7. The number of nitrogens with zero attached hydrogens (tertiary/aromatic N) is 2. The highest BCUT2D eigenvalue weighted by Gasteiger charge is 2.51. The van der Waals surface area contributed by atoms with E-state index < -0.39 is 69.5 Å². The maximum absolute atomic E-state index is 15.8. The van der Waals surface area contributed by atoms with Crippen molar-refractivity contribution in [1.82, 2.24) is 14.5 Å². The molecule has 0 aliphatic carbocycles. The lowest BCUT2D eigenvalue weighted by Gasteiger charge is -2.46. The van der Waals surface area contributed by atoms with Crippen LogP contribution in [0.3, 0.4) is 0 Å². The van der Waals surface area contributed by atoms with Crippen molar-refractivity contribution in [2.75, 3.05) is 26.2 Å². The summed E-state index contributed by atoms with van der Waals surface area (Å²) in [6, 6.07) is 5.20. The van der Waals surface area contributed by atoms with E-state index in [1.54, 1.807) is 13.8 Å². The highest BCUT2D eigenvalue weighted by Crippen LogP contribution is 2.45. The molecule has 0 spiro atoms. The van der Waals surface area contributed by atoms with Crippen LogP contribution < -0.4 is 10.5 Å². The first-order valence-corrected chi connectivity index (χ1v) is 18.9. The molecule has 4 rings (SSSR count). The number of likely N-dealkylation sites (tertiary alicyclic amines) is 2. The van der Waals surface area contributed by atoms with E-state index in [9.17, 15) is 4.21 Å². The maximum Gasteiger partial charge on any atom is 0.281 e. The van der Waals surface area contributed by atoms with Crippen molar-refractivity contribution >= 4 is 11.0 Å². The van der Waals surface area contributed by atoms with Crippen LogP contribution in [-0.4, -0.2) is 57.5 Å². The van der Waals surface area contributed by atoms with Crippen LogP contribution in [0.15, 0.2) is 30.3 Å². The summed E-state index contributed by atoms with van der Waals surface area (Å²) in [4.78, 5) is 3.79. The number of rotatable bonds is 17. The summed E-state index contributed by atoms with van der Waals surface area (Å²) < 4.78 is 109. The van der Waals surface area contributed by atoms with E-state index in [2.05, 4.69) is 4.72 Å². The lowest BCUT2D eigenvalue weighted by atomic mass is 9.84. The molecule has 5 nitrogen and oxygen atoms in total. The molecule has 2 saturated heterocycles. The Morgan fingerprint density at radius 1 is 0.857 bits per heavy atom. The van der Waals surface area contributed by atoms with Gasteiger partial charge >= 0.3 is 0 Å². The van der Waals surface area contributed by atoms with Crippen molar-refractivity contribution in [3.05, 3.63) is 69.8 Å². The zero-order valence-electron chi connectivity index (χ0n) is 29.8. The van der Waals surface area contributed by atoms with Gasteiger partial charge < -0.3 is 5.73 Å². The van der Waals surface area contributed by atoms with E-state index in [0.717, 1.165) is 18.9 Å². The van der Waals surface area contributed by atoms with Gasteiger partial charge in [0.2, 0.25) is 0 Å². The molecule has 0 amide bonds. The topological polar surface area (TPSA) is 61.6 Å². The lowest BCUT2D eigenvalue weighted by molar-refractivity contribution is -0.134. The molecule has 3 unspecified atom stereocenters. The largest absolute Gasteiger partial charge is 0.324 e. The number of alkyl halides is 4. The molecule has 3 N–H and O–H groups in total. The molecule has 0 bridgehead atoms. The van der Waals surface area contributed by atoms with Crippen molar-refractivity contribution in [3.8, 4) is 0 Å². The average molecular weight is 717 g/mol. The minimum atomic E-state index is -3.43. The zero-order chi connectivity index (χ0) is 36.4. The number of hydrogen-bond donors (Lipinski definition) is 2. The number of hydrogen-bond acceptors (Lipinski definition) is 4. The van der Waals surface area contributed by atoms with E-state index >= 15 is 26.3 Å². The van der Waals surface area contributed by atoms with Gasteiger partial charge in [0.05, 0.1) is 33.9 Å². The standard InChI is InChI=1S/C37H54F6N4OS/c1-8-11-29(9-2)49(48)45-25(7)30-12-10-13-32(34(30)38)36(40,41)28-20-47(21-28)23(5)14-15-26-16-31(24(6)44)35(39)33(17-26)37(42,43)27-18-46(19-27)22(3)4/h10,12-13,16-17,22-25,27-29,45H,8-9,11,14-15,18-21,44H2,1-7H3/t23?,24-,25-,29?,49?/m1/s1. The van der Waals surface area contributed by atoms with Crippen LogP contribution in [-0.2, 0) is 29.3 Å². The number of nitrogens with one attached hydrogen (secondary N) is 1. The summed E-state index contributed by atoms with van der Waals surface area (Å²) in [5, 5.41) is -0.108. The normalized spacial score (nSPS) is 20.1. The van der Waals surface area contributed by atoms with E-state index in [0.29, 0.717) is 24.8 Å². The molecule has 0 saturated carbocycles. The second-order valence-electron chi connectivity index (χ2n) is 14.5. The summed E-state index contributed by atoms with van der Waals surface area (Å²) in [6.45, 7) is 13.3. The molecule has 2 aliphatic heterocycles. The minimum Gasteiger partial charge on any atom is -0.324 e. The number of nitrogens with two attached hydrogens (primary N) is 1. The lowest BCUT2D eigenvalue weighted by Crippen LogP contribution is -2.56. The molecule has 49 heavy (non-hydrogen) atoms. The zero-order valence-corrected chi connectivity index (χ0v) is 30.7. The maximum atomic E-state index is 15.8. The first kappa shape index (κ1) is 39.8. The minimum absolute atomic E-state index is 0.0367. The van der Waals surface area contributed by atoms with Crippen LogP contribution in [0.4, 0.5) is 26.3 Å². The van der Waals surface area contributed by atoms with Crippen LogP contribution in [0.1, 0.15) is 114 Å². The van der Waals surface area contributed by atoms with E-state index in [-0.39, 0.29) is 54.6 Å². The van der Waals surface area contributed by atoms with Crippen LogP contribution in [0.5, 0.6) is 0 Å². The molecule has 2 aliphatic rings. The summed E-state index contributed by atoms with van der Waals surface area (Å²) in [6.07, 6.45) is 3.09. The van der Waals surface area contributed by atoms with Crippen LogP contribution >= 0.6 is 0 Å². The number of aryl methyl sites for hydroxylation is 1. The van der Waals surface area contributed by atoms with E-state index in [4.69, 9.17) is 5.73 Å². The third-order valence-electron chi connectivity index (χ3n) is 10.6. The summed E-state index contributed by atoms with van der Waals surface area (Å²) >= 11 is 0. The average Bonchev–Trinajstić information content (AvgIpc) is 2.96. The fourth-order valence-corrected chi connectivity index (χ4v) is 8.37. The smallest absolute Gasteiger partial charge is 0.281 e. The first-order chi connectivity index (χ1) is 22.9. The Bertz CT molecular complexity index is 1440. The van der Waals surface area contributed by atoms with Gasteiger partial charge in [-0.15, -0.1) is 0 Å². The van der Waals surface area contributed by atoms with E-state index in [1.165, 1.54) is 24.3 Å². The number of benzene rings is 2. The summed E-state index contributed by atoms with van der Waals surface area (Å²) in [7, 11) is -1.44. The van der Waals surface area contributed by atoms with Gasteiger partial charge in [-0.3, -0.25) is 9.80 Å². The van der Waals surface area contributed by atoms with Crippen molar-refractivity contribution in [2.24, 2.45) is 17.6 Å². The van der Waals surface area contributed by atoms with Crippen molar-refractivity contribution in [3.63, 3.8) is 0 Å². The Labute approximate surface area is 291 Å². The Morgan fingerprint density at radius 2 is 1.43 bits per heavy atom. The van der Waals surface area contributed by atoms with Crippen molar-refractivity contribution < 1.29 is 30.6 Å². The Balaban J connectivity index is 1.40. The van der Waals surface area contributed by atoms with Crippen LogP contribution in [0.2, 0.25) is 0 Å². The molecule has 0 radical (unpaired) electrons. The molecule has 2 heterocycles. The molecule has 2 aromatic rings. The predicted octanol–water partition coefficient (Wildman–Crippen LogP) is 8.35. The summed E-state index contributed by atoms with van der Waals surface area (Å²) in [5.41, 5.74) is 5.30. The van der Waals surface area contributed by atoms with Gasteiger partial charge in [0, 0.05) is 66.7 Å². The van der Waals surface area contributed by atoms with Crippen molar-refractivity contribution in [2.45, 2.75) is 122 Å². The summed E-state index contributed by atoms with van der Waals surface area (Å²) in [5.74, 6) is -10.9. The van der Waals surface area contributed by atoms with Crippen LogP contribution in [0, 0.1) is 23.5 Å². The van der Waals surface area contributed by atoms with Gasteiger partial charge in [-0.05, 0) is 71.9 Å². The molecule has 276 valence electrons. The Kier molecular flexibility index (Phi) is 13.1. The monoisotopic (exact) mass is 716 g/mol. The van der Waals surface area contributed by atoms with Gasteiger partial charge in [0.25, 0.3) is 11.8 Å². The van der Waals surface area contributed by atoms with Crippen LogP contribution in [0.25, 0.3) is 0 Å². The molecular formula is C37H54F6N4OS. The van der Waals surface area contributed by atoms with Crippen molar-refractivity contribution in [1.29, 1.82) is 0 Å². The SMILES string of the molecule is CCCC(CC)S(=O)N[C@H](C)c1cccc(C(F)(F)C2CN(C(C)CCc3cc([C@@H](C)N)c(F)c(C(F)(F)C4CN(C(C)C)C4)c3)C2)c1F. The second kappa shape index (κ2) is 16.1. The third kappa shape index (κ3) is 8.56. The van der Waals surface area contributed by atoms with Gasteiger partial charge in [0.1, 0.15) is 11.6 Å². The van der Waals surface area contributed by atoms with Gasteiger partial charge in [-0.1, -0.05) is 44.5 Å². The predicted molar refractivity (Wildman–Crippen MR) is 185 cm³/mol. The molecule has 2 aromatic carbocycles. The Hall–Kier alpha value is -1.99. The number of halogens is 6. The quantitative estimate of drug-likeness (QED) is 0.162.